The van der Waals surface area contributed by atoms with Crippen molar-refractivity contribution in [1.82, 2.24) is 4.98 Å². The SMILES string of the molecule is CNc1ccc2[nH]cc(CC(=O)Nc3ccc(-c4ccc(S(N)(=O)=O)cc4C)cc3)c2c1. The molecular formula is C24H24N4O3S. The topological polar surface area (TPSA) is 117 Å². The first-order valence-electron chi connectivity index (χ1n) is 10.1. The number of hydrogen-bond donors (Lipinski definition) is 4. The summed E-state index contributed by atoms with van der Waals surface area (Å²) in [7, 11) is -1.88. The normalized spacial score (nSPS) is 11.5. The monoisotopic (exact) mass is 448 g/mol. The van der Waals surface area contributed by atoms with E-state index in [2.05, 4.69) is 15.6 Å². The van der Waals surface area contributed by atoms with Gasteiger partial charge in [-0.25, -0.2) is 13.6 Å². The molecule has 0 aliphatic heterocycles. The van der Waals surface area contributed by atoms with E-state index in [0.29, 0.717) is 5.69 Å². The summed E-state index contributed by atoms with van der Waals surface area (Å²) < 4.78 is 23.1. The lowest BCUT2D eigenvalue weighted by Crippen LogP contribution is -2.14. The third-order valence-corrected chi connectivity index (χ3v) is 6.32. The summed E-state index contributed by atoms with van der Waals surface area (Å²) >= 11 is 0. The number of sulfonamides is 1. The molecule has 0 spiro atoms. The largest absolute Gasteiger partial charge is 0.388 e. The van der Waals surface area contributed by atoms with Crippen LogP contribution in [0.5, 0.6) is 0 Å². The van der Waals surface area contributed by atoms with Gasteiger partial charge in [0.25, 0.3) is 0 Å². The second kappa shape index (κ2) is 8.49. The van der Waals surface area contributed by atoms with Gasteiger partial charge in [-0.1, -0.05) is 18.2 Å². The number of fused-ring (bicyclic) bond motifs is 1. The van der Waals surface area contributed by atoms with Crippen LogP contribution in [0.4, 0.5) is 11.4 Å². The van der Waals surface area contributed by atoms with Crippen molar-refractivity contribution < 1.29 is 13.2 Å². The van der Waals surface area contributed by atoms with Crippen LogP contribution in [0.2, 0.25) is 0 Å². The van der Waals surface area contributed by atoms with Crippen LogP contribution in [0, 0.1) is 6.92 Å². The Bertz CT molecular complexity index is 1410. The first-order valence-corrected chi connectivity index (χ1v) is 11.6. The third-order valence-electron chi connectivity index (χ3n) is 5.41. The second-order valence-electron chi connectivity index (χ2n) is 7.65. The lowest BCUT2D eigenvalue weighted by Gasteiger charge is -2.10. The molecule has 32 heavy (non-hydrogen) atoms. The minimum Gasteiger partial charge on any atom is -0.388 e. The predicted molar refractivity (Wildman–Crippen MR) is 128 cm³/mol. The lowest BCUT2D eigenvalue weighted by atomic mass is 10.0. The van der Waals surface area contributed by atoms with E-state index >= 15 is 0 Å². The summed E-state index contributed by atoms with van der Waals surface area (Å²) in [4.78, 5) is 15.9. The Balaban J connectivity index is 1.48. The number of aromatic amines is 1. The van der Waals surface area contributed by atoms with Crippen molar-refractivity contribution in [3.05, 3.63) is 78.0 Å². The Morgan fingerprint density at radius 3 is 2.38 bits per heavy atom. The number of aryl methyl sites for hydroxylation is 1. The van der Waals surface area contributed by atoms with Gasteiger partial charge in [0.1, 0.15) is 0 Å². The number of hydrogen-bond acceptors (Lipinski definition) is 4. The number of carbonyl (C=O) groups excluding carboxylic acids is 1. The number of primary sulfonamides is 1. The maximum Gasteiger partial charge on any atom is 0.238 e. The molecule has 5 N–H and O–H groups in total. The molecule has 0 unspecified atom stereocenters. The second-order valence-corrected chi connectivity index (χ2v) is 9.21. The molecule has 8 heteroatoms. The van der Waals surface area contributed by atoms with E-state index in [4.69, 9.17) is 5.14 Å². The molecule has 4 aromatic rings. The molecule has 0 aliphatic carbocycles. The Labute approximate surface area is 186 Å². The van der Waals surface area contributed by atoms with Crippen molar-refractivity contribution in [3.8, 4) is 11.1 Å². The van der Waals surface area contributed by atoms with Gasteiger partial charge >= 0.3 is 0 Å². The first kappa shape index (κ1) is 21.6. The van der Waals surface area contributed by atoms with Crippen LogP contribution in [0.1, 0.15) is 11.1 Å². The molecule has 1 heterocycles. The average Bonchev–Trinajstić information content (AvgIpc) is 3.15. The smallest absolute Gasteiger partial charge is 0.238 e. The molecule has 4 rings (SSSR count). The molecule has 164 valence electrons. The minimum absolute atomic E-state index is 0.0850. The lowest BCUT2D eigenvalue weighted by molar-refractivity contribution is -0.115. The van der Waals surface area contributed by atoms with Crippen LogP contribution < -0.4 is 15.8 Å². The van der Waals surface area contributed by atoms with Crippen molar-refractivity contribution in [2.75, 3.05) is 17.7 Å². The summed E-state index contributed by atoms with van der Waals surface area (Å²) in [5.74, 6) is -0.109. The average molecular weight is 449 g/mol. The molecule has 0 atom stereocenters. The molecule has 0 bridgehead atoms. The van der Waals surface area contributed by atoms with Gasteiger partial charge in [0.2, 0.25) is 15.9 Å². The Morgan fingerprint density at radius 2 is 1.72 bits per heavy atom. The minimum atomic E-state index is -3.74. The molecule has 0 aliphatic rings. The number of benzene rings is 3. The summed E-state index contributed by atoms with van der Waals surface area (Å²) in [6.07, 6.45) is 2.11. The predicted octanol–water partition coefficient (Wildman–Crippen LogP) is 4.01. The maximum absolute atomic E-state index is 12.6. The van der Waals surface area contributed by atoms with E-state index in [0.717, 1.165) is 38.8 Å². The number of nitrogens with one attached hydrogen (secondary N) is 3. The van der Waals surface area contributed by atoms with Crippen LogP contribution >= 0.6 is 0 Å². The maximum atomic E-state index is 12.6. The van der Waals surface area contributed by atoms with Gasteiger partial charge in [-0.05, 0) is 71.6 Å². The number of rotatable bonds is 6. The Kier molecular flexibility index (Phi) is 5.73. The molecule has 0 fully saturated rings. The molecule has 7 nitrogen and oxygen atoms in total. The number of aromatic nitrogens is 1. The van der Waals surface area contributed by atoms with Crippen molar-refractivity contribution in [1.29, 1.82) is 0 Å². The van der Waals surface area contributed by atoms with E-state index in [1.54, 1.807) is 12.1 Å². The molecule has 3 aromatic carbocycles. The van der Waals surface area contributed by atoms with Crippen molar-refractivity contribution in [2.45, 2.75) is 18.2 Å². The zero-order valence-electron chi connectivity index (χ0n) is 17.8. The van der Waals surface area contributed by atoms with Crippen LogP contribution in [0.3, 0.4) is 0 Å². The van der Waals surface area contributed by atoms with E-state index in [1.165, 1.54) is 6.07 Å². The molecule has 0 saturated heterocycles. The van der Waals surface area contributed by atoms with Gasteiger partial charge < -0.3 is 15.6 Å². The molecule has 1 amide bonds. The summed E-state index contributed by atoms with van der Waals surface area (Å²) in [6.45, 7) is 1.83. The van der Waals surface area contributed by atoms with Crippen molar-refractivity contribution in [3.63, 3.8) is 0 Å². The molecule has 0 radical (unpaired) electrons. The molecule has 0 saturated carbocycles. The van der Waals surface area contributed by atoms with E-state index in [1.807, 2.05) is 62.6 Å². The Hall–Kier alpha value is -3.62. The van der Waals surface area contributed by atoms with Crippen molar-refractivity contribution >= 4 is 38.2 Å². The summed E-state index contributed by atoms with van der Waals surface area (Å²) in [5.41, 5.74) is 6.20. The van der Waals surface area contributed by atoms with Gasteiger partial charge in [-0.2, -0.15) is 0 Å². The van der Waals surface area contributed by atoms with Crippen LogP contribution in [-0.4, -0.2) is 26.4 Å². The zero-order chi connectivity index (χ0) is 22.9. The highest BCUT2D eigenvalue weighted by molar-refractivity contribution is 7.89. The third kappa shape index (κ3) is 4.51. The van der Waals surface area contributed by atoms with E-state index in [-0.39, 0.29) is 17.2 Å². The van der Waals surface area contributed by atoms with Gasteiger partial charge in [-0.15, -0.1) is 0 Å². The number of nitrogens with two attached hydrogens (primary N) is 1. The van der Waals surface area contributed by atoms with Crippen LogP contribution in [0.15, 0.2) is 71.8 Å². The highest BCUT2D eigenvalue weighted by Crippen LogP contribution is 2.27. The van der Waals surface area contributed by atoms with Gasteiger partial charge in [0.15, 0.2) is 0 Å². The van der Waals surface area contributed by atoms with E-state index in [9.17, 15) is 13.2 Å². The summed E-state index contributed by atoms with van der Waals surface area (Å²) in [5, 5.41) is 12.3. The Morgan fingerprint density at radius 1 is 1.00 bits per heavy atom. The zero-order valence-corrected chi connectivity index (χ0v) is 18.6. The standard InChI is InChI=1S/C24H24N4O3S/c1-15-11-20(32(25,30)31)8-9-21(15)16-3-5-18(6-4-16)28-24(29)12-17-14-27-23-10-7-19(26-2)13-22(17)23/h3-11,13-14,26-27H,12H2,1-2H3,(H,28,29)(H2,25,30,31). The van der Waals surface area contributed by atoms with Gasteiger partial charge in [0.05, 0.1) is 11.3 Å². The quantitative estimate of drug-likeness (QED) is 0.356. The number of carbonyl (C=O) groups is 1. The van der Waals surface area contributed by atoms with Crippen LogP contribution in [-0.2, 0) is 21.2 Å². The highest BCUT2D eigenvalue weighted by atomic mass is 32.2. The highest BCUT2D eigenvalue weighted by Gasteiger charge is 2.12. The number of amides is 1. The number of anilines is 2. The molecular weight excluding hydrogens is 424 g/mol. The van der Waals surface area contributed by atoms with Crippen molar-refractivity contribution in [2.24, 2.45) is 5.14 Å². The summed E-state index contributed by atoms with van der Waals surface area (Å²) in [6, 6.07) is 18.2. The first-order chi connectivity index (χ1) is 15.2. The fraction of sp³-hybridized carbons (Fsp3) is 0.125. The molecule has 1 aromatic heterocycles. The fourth-order valence-electron chi connectivity index (χ4n) is 3.73. The van der Waals surface area contributed by atoms with E-state index < -0.39 is 10.0 Å². The van der Waals surface area contributed by atoms with Gasteiger partial charge in [-0.3, -0.25) is 4.79 Å². The number of H-pyrrole nitrogens is 1. The van der Waals surface area contributed by atoms with Gasteiger partial charge in [0, 0.05) is 35.5 Å². The van der Waals surface area contributed by atoms with Crippen LogP contribution in [0.25, 0.3) is 22.0 Å². The fourth-order valence-corrected chi connectivity index (χ4v) is 4.33.